The number of nitrogens with zero attached hydrogens (tertiary/aromatic N) is 2. The zero-order chi connectivity index (χ0) is 13.2. The molecule has 1 saturated heterocycles. The van der Waals surface area contributed by atoms with Gasteiger partial charge in [0.25, 0.3) is 0 Å². The van der Waals surface area contributed by atoms with Gasteiger partial charge < -0.3 is 15.1 Å². The van der Waals surface area contributed by atoms with Crippen LogP contribution in [0.25, 0.3) is 0 Å². The van der Waals surface area contributed by atoms with Gasteiger partial charge in [-0.25, -0.2) is 0 Å². The Morgan fingerprint density at radius 2 is 1.72 bits per heavy atom. The van der Waals surface area contributed by atoms with Crippen LogP contribution in [0.2, 0.25) is 0 Å². The first-order valence-corrected chi connectivity index (χ1v) is 7.47. The Hall–Kier alpha value is -0.610. The van der Waals surface area contributed by atoms with Crippen molar-refractivity contribution in [2.75, 3.05) is 45.8 Å². The molecule has 0 aliphatic carbocycles. The first kappa shape index (κ1) is 15.4. The van der Waals surface area contributed by atoms with Crippen LogP contribution in [-0.4, -0.2) is 61.5 Å². The van der Waals surface area contributed by atoms with Crippen molar-refractivity contribution in [3.05, 3.63) is 0 Å². The SMILES string of the molecule is CCCC(=O)NCCCCN1CCN(CC)CC1. The molecule has 0 bridgehead atoms. The summed E-state index contributed by atoms with van der Waals surface area (Å²) < 4.78 is 0. The van der Waals surface area contributed by atoms with Crippen LogP contribution in [0.3, 0.4) is 0 Å². The molecule has 1 fully saturated rings. The van der Waals surface area contributed by atoms with Crippen LogP contribution in [0.5, 0.6) is 0 Å². The van der Waals surface area contributed by atoms with E-state index in [9.17, 15) is 4.79 Å². The van der Waals surface area contributed by atoms with Crippen molar-refractivity contribution >= 4 is 5.91 Å². The van der Waals surface area contributed by atoms with Crippen molar-refractivity contribution in [3.63, 3.8) is 0 Å². The lowest BCUT2D eigenvalue weighted by atomic mass is 10.2. The van der Waals surface area contributed by atoms with Gasteiger partial charge in [0.15, 0.2) is 0 Å². The summed E-state index contributed by atoms with van der Waals surface area (Å²) in [5.41, 5.74) is 0. The van der Waals surface area contributed by atoms with E-state index >= 15 is 0 Å². The largest absolute Gasteiger partial charge is 0.356 e. The Kier molecular flexibility index (Phi) is 8.01. The van der Waals surface area contributed by atoms with Gasteiger partial charge >= 0.3 is 0 Å². The fraction of sp³-hybridized carbons (Fsp3) is 0.929. The monoisotopic (exact) mass is 255 g/mol. The lowest BCUT2D eigenvalue weighted by molar-refractivity contribution is -0.121. The summed E-state index contributed by atoms with van der Waals surface area (Å²) in [6, 6.07) is 0. The molecule has 0 atom stereocenters. The molecule has 1 aliphatic rings. The van der Waals surface area contributed by atoms with Crippen LogP contribution in [0.15, 0.2) is 0 Å². The second-order valence-corrected chi connectivity index (χ2v) is 5.08. The molecular formula is C14H29N3O. The van der Waals surface area contributed by atoms with E-state index in [2.05, 4.69) is 22.0 Å². The van der Waals surface area contributed by atoms with Crippen LogP contribution in [-0.2, 0) is 4.79 Å². The number of unbranched alkanes of at least 4 members (excludes halogenated alkanes) is 1. The lowest BCUT2D eigenvalue weighted by Crippen LogP contribution is -2.46. The number of amides is 1. The second-order valence-electron chi connectivity index (χ2n) is 5.08. The normalized spacial score (nSPS) is 17.9. The van der Waals surface area contributed by atoms with Crippen LogP contribution in [0.4, 0.5) is 0 Å². The van der Waals surface area contributed by atoms with Gasteiger partial charge in [0, 0.05) is 39.1 Å². The summed E-state index contributed by atoms with van der Waals surface area (Å²) in [6.07, 6.45) is 3.90. The third kappa shape index (κ3) is 6.36. The Balaban J connectivity index is 1.94. The maximum atomic E-state index is 11.2. The molecule has 18 heavy (non-hydrogen) atoms. The van der Waals surface area contributed by atoms with E-state index in [4.69, 9.17) is 0 Å². The number of hydrogen-bond donors (Lipinski definition) is 1. The highest BCUT2D eigenvalue weighted by Gasteiger charge is 2.14. The smallest absolute Gasteiger partial charge is 0.219 e. The third-order valence-corrected chi connectivity index (χ3v) is 3.61. The Bertz CT molecular complexity index is 225. The van der Waals surface area contributed by atoms with Gasteiger partial charge in [-0.3, -0.25) is 4.79 Å². The Labute approximate surface area is 112 Å². The molecule has 1 aliphatic heterocycles. The van der Waals surface area contributed by atoms with E-state index < -0.39 is 0 Å². The number of hydrogen-bond acceptors (Lipinski definition) is 3. The summed E-state index contributed by atoms with van der Waals surface area (Å²) >= 11 is 0. The highest BCUT2D eigenvalue weighted by Crippen LogP contribution is 2.02. The average molecular weight is 255 g/mol. The summed E-state index contributed by atoms with van der Waals surface area (Å²) in [7, 11) is 0. The van der Waals surface area contributed by atoms with Gasteiger partial charge in [-0.2, -0.15) is 0 Å². The topological polar surface area (TPSA) is 35.6 Å². The van der Waals surface area contributed by atoms with Crippen molar-refractivity contribution in [2.45, 2.75) is 39.5 Å². The van der Waals surface area contributed by atoms with Crippen molar-refractivity contribution < 1.29 is 4.79 Å². The molecule has 4 nitrogen and oxygen atoms in total. The maximum absolute atomic E-state index is 11.2. The van der Waals surface area contributed by atoms with E-state index in [1.807, 2.05) is 6.92 Å². The molecule has 0 aromatic carbocycles. The highest BCUT2D eigenvalue weighted by molar-refractivity contribution is 5.75. The molecule has 0 aromatic rings. The number of carbonyl (C=O) groups is 1. The molecule has 0 radical (unpaired) electrons. The minimum Gasteiger partial charge on any atom is -0.356 e. The number of piperazine rings is 1. The van der Waals surface area contributed by atoms with Gasteiger partial charge in [-0.05, 0) is 32.4 Å². The summed E-state index contributed by atoms with van der Waals surface area (Å²) in [4.78, 5) is 16.3. The lowest BCUT2D eigenvalue weighted by Gasteiger charge is -2.33. The quantitative estimate of drug-likeness (QED) is 0.665. The van der Waals surface area contributed by atoms with E-state index in [1.54, 1.807) is 0 Å². The van der Waals surface area contributed by atoms with Crippen molar-refractivity contribution in [1.82, 2.24) is 15.1 Å². The van der Waals surface area contributed by atoms with Gasteiger partial charge in [0.05, 0.1) is 0 Å². The molecule has 4 heteroatoms. The van der Waals surface area contributed by atoms with Crippen LogP contribution in [0, 0.1) is 0 Å². The summed E-state index contributed by atoms with van der Waals surface area (Å²) in [5, 5.41) is 2.97. The number of likely N-dealkylation sites (N-methyl/N-ethyl adjacent to an activating group) is 1. The summed E-state index contributed by atoms with van der Waals surface area (Å²) in [5.74, 6) is 0.203. The molecular weight excluding hydrogens is 226 g/mol. The molecule has 1 rings (SSSR count). The van der Waals surface area contributed by atoms with E-state index in [-0.39, 0.29) is 5.91 Å². The fourth-order valence-electron chi connectivity index (χ4n) is 2.33. The second kappa shape index (κ2) is 9.34. The van der Waals surface area contributed by atoms with E-state index in [0.717, 1.165) is 19.4 Å². The molecule has 1 heterocycles. The standard InChI is InChI=1S/C14H29N3O/c1-3-7-14(18)15-8-5-6-9-17-12-10-16(4-2)11-13-17/h3-13H2,1-2H3,(H,15,18). The van der Waals surface area contributed by atoms with Crippen molar-refractivity contribution in [2.24, 2.45) is 0 Å². The summed E-state index contributed by atoms with van der Waals surface area (Å²) in [6.45, 7) is 12.3. The minimum atomic E-state index is 0.203. The number of rotatable bonds is 8. The van der Waals surface area contributed by atoms with Gasteiger partial charge in [0.1, 0.15) is 0 Å². The van der Waals surface area contributed by atoms with Crippen LogP contribution in [0.1, 0.15) is 39.5 Å². The molecule has 0 aromatic heterocycles. The van der Waals surface area contributed by atoms with Crippen molar-refractivity contribution in [3.8, 4) is 0 Å². The third-order valence-electron chi connectivity index (χ3n) is 3.61. The van der Waals surface area contributed by atoms with Gasteiger partial charge in [0.2, 0.25) is 5.91 Å². The Morgan fingerprint density at radius 1 is 1.06 bits per heavy atom. The van der Waals surface area contributed by atoms with Crippen molar-refractivity contribution in [1.29, 1.82) is 0 Å². The zero-order valence-electron chi connectivity index (χ0n) is 12.1. The molecule has 106 valence electrons. The molecule has 0 spiro atoms. The number of carbonyl (C=O) groups excluding carboxylic acids is 1. The van der Waals surface area contributed by atoms with Gasteiger partial charge in [-0.15, -0.1) is 0 Å². The molecule has 1 amide bonds. The van der Waals surface area contributed by atoms with Crippen LogP contribution >= 0.6 is 0 Å². The minimum absolute atomic E-state index is 0.203. The van der Waals surface area contributed by atoms with Gasteiger partial charge in [-0.1, -0.05) is 13.8 Å². The molecule has 0 saturated carbocycles. The van der Waals surface area contributed by atoms with E-state index in [0.29, 0.717) is 6.42 Å². The fourth-order valence-corrected chi connectivity index (χ4v) is 2.33. The first-order chi connectivity index (χ1) is 8.76. The molecule has 1 N–H and O–H groups in total. The molecule has 0 unspecified atom stereocenters. The average Bonchev–Trinajstić information content (AvgIpc) is 2.39. The predicted octanol–water partition coefficient (Wildman–Crippen LogP) is 1.32. The van der Waals surface area contributed by atoms with E-state index in [1.165, 1.54) is 45.7 Å². The maximum Gasteiger partial charge on any atom is 0.219 e. The predicted molar refractivity (Wildman–Crippen MR) is 75.7 cm³/mol. The first-order valence-electron chi connectivity index (χ1n) is 7.47. The zero-order valence-corrected chi connectivity index (χ0v) is 12.1. The highest BCUT2D eigenvalue weighted by atomic mass is 16.1. The Morgan fingerprint density at radius 3 is 2.33 bits per heavy atom. The number of nitrogens with one attached hydrogen (secondary N) is 1. The van der Waals surface area contributed by atoms with Crippen LogP contribution < -0.4 is 5.32 Å².